The molecule has 8 nitrogen and oxygen atoms in total. The molecule has 9 heteroatoms. The zero-order chi connectivity index (χ0) is 18.0. The Morgan fingerprint density at radius 3 is 2.72 bits per heavy atom. The van der Waals surface area contributed by atoms with Crippen LogP contribution in [0.5, 0.6) is 5.75 Å². The molecule has 0 aliphatic carbocycles. The highest BCUT2D eigenvalue weighted by atomic mass is 127. The van der Waals surface area contributed by atoms with E-state index in [2.05, 4.69) is 49.3 Å². The van der Waals surface area contributed by atoms with Crippen molar-refractivity contribution in [3.8, 4) is 11.4 Å². The van der Waals surface area contributed by atoms with Crippen molar-refractivity contribution in [2.24, 2.45) is 7.05 Å². The molecular formula is C16H17IN6O2. The van der Waals surface area contributed by atoms with Crippen molar-refractivity contribution >= 4 is 22.6 Å². The quantitative estimate of drug-likeness (QED) is 0.549. The molecule has 0 saturated heterocycles. The first-order valence-corrected chi connectivity index (χ1v) is 8.81. The average Bonchev–Trinajstić information content (AvgIpc) is 2.93. The van der Waals surface area contributed by atoms with Gasteiger partial charge in [0.2, 0.25) is 0 Å². The summed E-state index contributed by atoms with van der Waals surface area (Å²) in [4.78, 5) is 12.2. The molecule has 1 aromatic carbocycles. The van der Waals surface area contributed by atoms with Gasteiger partial charge < -0.3 is 4.74 Å². The lowest BCUT2D eigenvalue weighted by molar-refractivity contribution is 0.301. The van der Waals surface area contributed by atoms with Gasteiger partial charge in [-0.15, -0.1) is 0 Å². The number of tetrazole rings is 1. The van der Waals surface area contributed by atoms with E-state index in [1.54, 1.807) is 7.05 Å². The van der Waals surface area contributed by atoms with Crippen molar-refractivity contribution < 1.29 is 4.74 Å². The van der Waals surface area contributed by atoms with Crippen molar-refractivity contribution in [3.63, 3.8) is 0 Å². The number of hydrogen-bond donors (Lipinski definition) is 0. The molecule has 0 saturated carbocycles. The normalized spacial score (nSPS) is 10.9. The van der Waals surface area contributed by atoms with Crippen LogP contribution in [0.4, 0.5) is 0 Å². The predicted molar refractivity (Wildman–Crippen MR) is 99.8 cm³/mol. The SMILES string of the molecule is CCc1nncc(-n2nnn(C)c2=O)c1COc1ccc(I)cc1C. The highest BCUT2D eigenvalue weighted by Crippen LogP contribution is 2.23. The monoisotopic (exact) mass is 452 g/mol. The lowest BCUT2D eigenvalue weighted by Gasteiger charge is -2.14. The fourth-order valence-electron chi connectivity index (χ4n) is 2.45. The number of rotatable bonds is 5. The van der Waals surface area contributed by atoms with Gasteiger partial charge >= 0.3 is 5.69 Å². The molecule has 0 spiro atoms. The first-order chi connectivity index (χ1) is 12.0. The summed E-state index contributed by atoms with van der Waals surface area (Å²) >= 11 is 2.26. The smallest absolute Gasteiger partial charge is 0.368 e. The first kappa shape index (κ1) is 17.5. The Morgan fingerprint density at radius 1 is 1.28 bits per heavy atom. The predicted octanol–water partition coefficient (Wildman–Crippen LogP) is 1.81. The maximum atomic E-state index is 12.2. The Balaban J connectivity index is 1.99. The summed E-state index contributed by atoms with van der Waals surface area (Å²) in [7, 11) is 1.55. The van der Waals surface area contributed by atoms with E-state index in [4.69, 9.17) is 4.74 Å². The summed E-state index contributed by atoms with van der Waals surface area (Å²) < 4.78 is 9.52. The summed E-state index contributed by atoms with van der Waals surface area (Å²) in [6.45, 7) is 4.24. The van der Waals surface area contributed by atoms with Crippen LogP contribution >= 0.6 is 22.6 Å². The Hall–Kier alpha value is -2.30. The molecule has 25 heavy (non-hydrogen) atoms. The van der Waals surface area contributed by atoms with Crippen LogP contribution in [0.1, 0.15) is 23.7 Å². The minimum Gasteiger partial charge on any atom is -0.488 e. The minimum absolute atomic E-state index is 0.262. The Labute approximate surface area is 158 Å². The van der Waals surface area contributed by atoms with Gasteiger partial charge in [0.15, 0.2) is 0 Å². The molecule has 0 aliphatic rings. The van der Waals surface area contributed by atoms with Gasteiger partial charge in [0, 0.05) is 16.2 Å². The summed E-state index contributed by atoms with van der Waals surface area (Å²) in [6.07, 6.45) is 2.18. The molecule has 2 aromatic heterocycles. The standard InChI is InChI=1S/C16H17IN6O2/c1-4-13-12(9-25-15-6-5-11(17)7-10(15)2)14(8-18-19-13)23-16(24)22(3)20-21-23/h5-8H,4,9H2,1-3H3. The second kappa shape index (κ2) is 7.30. The molecule has 0 N–H and O–H groups in total. The van der Waals surface area contributed by atoms with Crippen molar-refractivity contribution in [1.29, 1.82) is 0 Å². The first-order valence-electron chi connectivity index (χ1n) is 7.73. The Morgan fingerprint density at radius 2 is 2.08 bits per heavy atom. The number of aryl methyl sites for hydroxylation is 3. The maximum absolute atomic E-state index is 12.2. The summed E-state index contributed by atoms with van der Waals surface area (Å²) in [5.41, 5.74) is 2.77. The fraction of sp³-hybridized carbons (Fsp3) is 0.312. The molecule has 3 rings (SSSR count). The Bertz CT molecular complexity index is 965. The second-order valence-electron chi connectivity index (χ2n) is 5.50. The molecule has 130 valence electrons. The average molecular weight is 452 g/mol. The van der Waals surface area contributed by atoms with Crippen LogP contribution in [-0.2, 0) is 20.1 Å². The van der Waals surface area contributed by atoms with Gasteiger partial charge in [-0.1, -0.05) is 6.92 Å². The van der Waals surface area contributed by atoms with Crippen LogP contribution in [0.2, 0.25) is 0 Å². The highest BCUT2D eigenvalue weighted by molar-refractivity contribution is 14.1. The highest BCUT2D eigenvalue weighted by Gasteiger charge is 2.16. The van der Waals surface area contributed by atoms with Gasteiger partial charge in [-0.3, -0.25) is 0 Å². The molecule has 0 aliphatic heterocycles. The summed E-state index contributed by atoms with van der Waals surface area (Å²) in [5, 5.41) is 15.8. The second-order valence-corrected chi connectivity index (χ2v) is 6.75. The largest absolute Gasteiger partial charge is 0.488 e. The lowest BCUT2D eigenvalue weighted by atomic mass is 10.1. The summed E-state index contributed by atoms with van der Waals surface area (Å²) in [6, 6.07) is 5.98. The topological polar surface area (TPSA) is 87.7 Å². The van der Waals surface area contributed by atoms with E-state index in [0.717, 1.165) is 26.1 Å². The van der Waals surface area contributed by atoms with Crippen LogP contribution in [0.15, 0.2) is 29.2 Å². The number of aromatic nitrogens is 6. The van der Waals surface area contributed by atoms with E-state index in [1.165, 1.54) is 15.6 Å². The number of halogens is 1. The maximum Gasteiger partial charge on any atom is 0.368 e. The molecule has 0 amide bonds. The number of ether oxygens (including phenoxy) is 1. The van der Waals surface area contributed by atoms with Crippen LogP contribution in [0.3, 0.4) is 0 Å². The van der Waals surface area contributed by atoms with Crippen molar-refractivity contribution in [1.82, 2.24) is 30.0 Å². The van der Waals surface area contributed by atoms with Gasteiger partial charge in [-0.2, -0.15) is 19.6 Å². The number of hydrogen-bond acceptors (Lipinski definition) is 6. The molecule has 0 fully saturated rings. The lowest BCUT2D eigenvalue weighted by Crippen LogP contribution is -2.24. The van der Waals surface area contributed by atoms with E-state index in [1.807, 2.05) is 26.0 Å². The van der Waals surface area contributed by atoms with Crippen molar-refractivity contribution in [2.75, 3.05) is 0 Å². The molecule has 0 atom stereocenters. The van der Waals surface area contributed by atoms with Crippen LogP contribution in [0, 0.1) is 10.5 Å². The third-order valence-corrected chi connectivity index (χ3v) is 4.48. The van der Waals surface area contributed by atoms with E-state index in [9.17, 15) is 4.79 Å². The van der Waals surface area contributed by atoms with E-state index >= 15 is 0 Å². The summed E-state index contributed by atoms with van der Waals surface area (Å²) in [5.74, 6) is 0.789. The molecule has 0 unspecified atom stereocenters. The van der Waals surface area contributed by atoms with Gasteiger partial charge in [0.05, 0.1) is 11.9 Å². The molecule has 0 bridgehead atoms. The molecule has 3 aromatic rings. The third-order valence-electron chi connectivity index (χ3n) is 3.81. The van der Waals surface area contributed by atoms with Gasteiger partial charge in [0.25, 0.3) is 0 Å². The molecular weight excluding hydrogens is 435 g/mol. The van der Waals surface area contributed by atoms with Crippen LogP contribution < -0.4 is 10.4 Å². The minimum atomic E-state index is -0.346. The molecule has 0 radical (unpaired) electrons. The number of benzene rings is 1. The number of nitrogens with zero attached hydrogens (tertiary/aromatic N) is 6. The zero-order valence-corrected chi connectivity index (χ0v) is 16.3. The van der Waals surface area contributed by atoms with Crippen LogP contribution in [0.25, 0.3) is 5.69 Å². The van der Waals surface area contributed by atoms with Gasteiger partial charge in [-0.05, 0) is 70.1 Å². The zero-order valence-electron chi connectivity index (χ0n) is 14.1. The fourth-order valence-corrected chi connectivity index (χ4v) is 3.10. The van der Waals surface area contributed by atoms with Crippen LogP contribution in [-0.4, -0.2) is 30.0 Å². The van der Waals surface area contributed by atoms with E-state index in [0.29, 0.717) is 12.1 Å². The third kappa shape index (κ3) is 3.55. The van der Waals surface area contributed by atoms with Crippen molar-refractivity contribution in [3.05, 3.63) is 55.3 Å². The van der Waals surface area contributed by atoms with E-state index < -0.39 is 0 Å². The van der Waals surface area contributed by atoms with E-state index in [-0.39, 0.29) is 12.3 Å². The van der Waals surface area contributed by atoms with Gasteiger partial charge in [0.1, 0.15) is 18.0 Å². The van der Waals surface area contributed by atoms with Crippen molar-refractivity contribution in [2.45, 2.75) is 26.9 Å². The molecule has 2 heterocycles. The Kier molecular flexibility index (Phi) is 5.11. The van der Waals surface area contributed by atoms with Gasteiger partial charge in [-0.25, -0.2) is 4.79 Å².